The lowest BCUT2D eigenvalue weighted by molar-refractivity contribution is -0.134. The molecule has 27 heavy (non-hydrogen) atoms. The summed E-state index contributed by atoms with van der Waals surface area (Å²) < 4.78 is 12.6. The Kier molecular flexibility index (Phi) is 4.70. The van der Waals surface area contributed by atoms with E-state index in [1.54, 1.807) is 6.08 Å². The number of hydrogen-bond donors (Lipinski definition) is 2. The first-order valence-electron chi connectivity index (χ1n) is 8.85. The molecular formula is C21H21NO5. The predicted molar refractivity (Wildman–Crippen MR) is 102 cm³/mol. The fourth-order valence-electron chi connectivity index (χ4n) is 3.70. The van der Waals surface area contributed by atoms with Gasteiger partial charge in [-0.1, -0.05) is 24.3 Å². The van der Waals surface area contributed by atoms with Crippen LogP contribution >= 0.6 is 0 Å². The third-order valence-corrected chi connectivity index (χ3v) is 5.02. The van der Waals surface area contributed by atoms with E-state index in [0.29, 0.717) is 6.42 Å². The third kappa shape index (κ3) is 3.12. The molecule has 0 aliphatic carbocycles. The predicted octanol–water partition coefficient (Wildman–Crippen LogP) is 2.62. The second-order valence-corrected chi connectivity index (χ2v) is 6.64. The molecule has 0 saturated carbocycles. The number of methoxy groups -OCH3 is 1. The number of aliphatic hydroxyl groups is 2. The van der Waals surface area contributed by atoms with Gasteiger partial charge in [0.15, 0.2) is 0 Å². The van der Waals surface area contributed by atoms with Gasteiger partial charge in [0.1, 0.15) is 12.3 Å². The van der Waals surface area contributed by atoms with Gasteiger partial charge in [0, 0.05) is 23.3 Å². The first-order chi connectivity index (χ1) is 13.1. The van der Waals surface area contributed by atoms with Gasteiger partial charge in [-0.3, -0.25) is 0 Å². The number of benzene rings is 2. The monoisotopic (exact) mass is 367 g/mol. The summed E-state index contributed by atoms with van der Waals surface area (Å²) in [7, 11) is 1.35. The molecule has 0 amide bonds. The number of aromatic nitrogens is 1. The molecule has 0 unspecified atom stereocenters. The summed E-state index contributed by atoms with van der Waals surface area (Å²) in [5.41, 5.74) is 2.86. The highest BCUT2D eigenvalue weighted by Crippen LogP contribution is 2.38. The minimum Gasteiger partial charge on any atom is -0.466 e. The van der Waals surface area contributed by atoms with Crippen LogP contribution in [0.5, 0.6) is 0 Å². The molecule has 0 spiro atoms. The van der Waals surface area contributed by atoms with Crippen molar-refractivity contribution in [3.05, 3.63) is 54.1 Å². The lowest BCUT2D eigenvalue weighted by Crippen LogP contribution is -2.24. The summed E-state index contributed by atoms with van der Waals surface area (Å²) in [6, 6.07) is 13.9. The van der Waals surface area contributed by atoms with Crippen molar-refractivity contribution in [2.75, 3.05) is 13.7 Å². The van der Waals surface area contributed by atoms with Gasteiger partial charge in [-0.15, -0.1) is 0 Å². The summed E-state index contributed by atoms with van der Waals surface area (Å²) in [4.78, 5) is 11.4. The highest BCUT2D eigenvalue weighted by Gasteiger charge is 2.35. The maximum Gasteiger partial charge on any atom is 0.330 e. The topological polar surface area (TPSA) is 80.9 Å². The molecule has 140 valence electrons. The lowest BCUT2D eigenvalue weighted by Gasteiger charge is -2.16. The number of para-hydroxylation sites is 1. The van der Waals surface area contributed by atoms with Gasteiger partial charge < -0.3 is 24.3 Å². The summed E-state index contributed by atoms with van der Waals surface area (Å²) in [5.74, 6) is -0.402. The summed E-state index contributed by atoms with van der Waals surface area (Å²) in [6.45, 7) is -0.211. The number of esters is 1. The molecule has 6 nitrogen and oxygen atoms in total. The minimum atomic E-state index is -0.696. The normalized spacial score (nSPS) is 22.9. The van der Waals surface area contributed by atoms with E-state index in [4.69, 9.17) is 4.74 Å². The summed E-state index contributed by atoms with van der Waals surface area (Å²) in [5, 5.41) is 21.6. The van der Waals surface area contributed by atoms with Crippen molar-refractivity contribution in [2.24, 2.45) is 0 Å². The fraction of sp³-hybridized carbons (Fsp3) is 0.286. The van der Waals surface area contributed by atoms with Crippen molar-refractivity contribution in [3.63, 3.8) is 0 Å². The quantitative estimate of drug-likeness (QED) is 0.547. The second kappa shape index (κ2) is 7.15. The Morgan fingerprint density at radius 3 is 2.78 bits per heavy atom. The largest absolute Gasteiger partial charge is 0.466 e. The van der Waals surface area contributed by atoms with Gasteiger partial charge in [-0.05, 0) is 29.8 Å². The standard InChI is InChI=1S/C21H21NO5/c1-26-21(25)9-7-13-6-8-17-15(10-13)14-4-2-3-5-16(14)22(17)20-11-18(24)19(12-23)27-20/h2-10,18-20,23-24H,11-12H2,1H3/b9-7+/t18-,19-,20-/m1/s1. The molecule has 4 rings (SSSR count). The van der Waals surface area contributed by atoms with E-state index in [0.717, 1.165) is 27.4 Å². The molecule has 6 heteroatoms. The van der Waals surface area contributed by atoms with Crippen LogP contribution in [-0.4, -0.2) is 46.7 Å². The number of fused-ring (bicyclic) bond motifs is 3. The van der Waals surface area contributed by atoms with Gasteiger partial charge in [0.05, 0.1) is 30.9 Å². The Morgan fingerprint density at radius 2 is 2.04 bits per heavy atom. The maximum atomic E-state index is 11.4. The molecule has 3 atom stereocenters. The molecule has 1 aromatic heterocycles. The number of nitrogens with zero attached hydrogens (tertiary/aromatic N) is 1. The van der Waals surface area contributed by atoms with Crippen molar-refractivity contribution in [3.8, 4) is 0 Å². The molecule has 1 saturated heterocycles. The van der Waals surface area contributed by atoms with Crippen LogP contribution < -0.4 is 0 Å². The second-order valence-electron chi connectivity index (χ2n) is 6.64. The van der Waals surface area contributed by atoms with Crippen LogP contribution in [0.3, 0.4) is 0 Å². The number of ether oxygens (including phenoxy) is 2. The van der Waals surface area contributed by atoms with Crippen molar-refractivity contribution >= 4 is 33.9 Å². The molecule has 1 aliphatic rings. The number of aliphatic hydroxyl groups excluding tert-OH is 2. The Balaban J connectivity index is 1.84. The van der Waals surface area contributed by atoms with Crippen LogP contribution in [0.1, 0.15) is 18.2 Å². The zero-order valence-corrected chi connectivity index (χ0v) is 14.9. The molecule has 2 aromatic carbocycles. The molecule has 2 heterocycles. The van der Waals surface area contributed by atoms with E-state index in [1.165, 1.54) is 13.2 Å². The first-order valence-corrected chi connectivity index (χ1v) is 8.85. The smallest absolute Gasteiger partial charge is 0.330 e. The average molecular weight is 367 g/mol. The highest BCUT2D eigenvalue weighted by molar-refractivity contribution is 6.08. The van der Waals surface area contributed by atoms with E-state index in [-0.39, 0.29) is 12.8 Å². The number of carbonyl (C=O) groups excluding carboxylic acids is 1. The van der Waals surface area contributed by atoms with E-state index >= 15 is 0 Å². The van der Waals surface area contributed by atoms with Gasteiger partial charge in [-0.25, -0.2) is 4.79 Å². The van der Waals surface area contributed by atoms with Crippen molar-refractivity contribution in [2.45, 2.75) is 24.9 Å². The lowest BCUT2D eigenvalue weighted by atomic mass is 10.1. The number of carbonyl (C=O) groups is 1. The SMILES string of the molecule is COC(=O)/C=C/c1ccc2c(c1)c1ccccc1n2[C@H]1C[C@@H](O)[C@@H](CO)O1. The average Bonchev–Trinajstić information content (AvgIpc) is 3.22. The first kappa shape index (κ1) is 17.7. The Morgan fingerprint density at radius 1 is 1.26 bits per heavy atom. The van der Waals surface area contributed by atoms with Gasteiger partial charge in [-0.2, -0.15) is 0 Å². The maximum absolute atomic E-state index is 11.4. The number of rotatable bonds is 4. The van der Waals surface area contributed by atoms with Gasteiger partial charge in [0.2, 0.25) is 0 Å². The Labute approximate surface area is 156 Å². The van der Waals surface area contributed by atoms with Crippen LogP contribution in [0.4, 0.5) is 0 Å². The van der Waals surface area contributed by atoms with Crippen LogP contribution in [0.25, 0.3) is 27.9 Å². The van der Waals surface area contributed by atoms with Crippen LogP contribution in [0.15, 0.2) is 48.5 Å². The molecule has 2 N–H and O–H groups in total. The summed E-state index contributed by atoms with van der Waals surface area (Å²) in [6.07, 6.45) is 1.91. The van der Waals surface area contributed by atoms with Crippen molar-refractivity contribution < 1.29 is 24.5 Å². The fourth-order valence-corrected chi connectivity index (χ4v) is 3.70. The van der Waals surface area contributed by atoms with Crippen LogP contribution in [0.2, 0.25) is 0 Å². The Hall–Kier alpha value is -2.67. The van der Waals surface area contributed by atoms with Crippen LogP contribution in [-0.2, 0) is 14.3 Å². The van der Waals surface area contributed by atoms with E-state index in [1.807, 2.05) is 42.5 Å². The minimum absolute atomic E-state index is 0.211. The van der Waals surface area contributed by atoms with Crippen LogP contribution in [0, 0.1) is 0 Å². The number of hydrogen-bond acceptors (Lipinski definition) is 5. The van der Waals surface area contributed by atoms with Gasteiger partial charge in [0.25, 0.3) is 0 Å². The summed E-state index contributed by atoms with van der Waals surface area (Å²) >= 11 is 0. The van der Waals surface area contributed by atoms with E-state index < -0.39 is 18.2 Å². The molecule has 3 aromatic rings. The third-order valence-electron chi connectivity index (χ3n) is 5.02. The molecule has 1 aliphatic heterocycles. The van der Waals surface area contributed by atoms with Crippen molar-refractivity contribution in [1.29, 1.82) is 0 Å². The van der Waals surface area contributed by atoms with Gasteiger partial charge >= 0.3 is 5.97 Å². The zero-order valence-electron chi connectivity index (χ0n) is 14.9. The Bertz CT molecular complexity index is 1020. The molecule has 0 bridgehead atoms. The molecule has 0 radical (unpaired) electrons. The van der Waals surface area contributed by atoms with E-state index in [9.17, 15) is 15.0 Å². The molecule has 1 fully saturated rings. The van der Waals surface area contributed by atoms with Crippen molar-refractivity contribution in [1.82, 2.24) is 4.57 Å². The van der Waals surface area contributed by atoms with E-state index in [2.05, 4.69) is 9.30 Å². The highest BCUT2D eigenvalue weighted by atomic mass is 16.5. The zero-order chi connectivity index (χ0) is 19.0. The molecular weight excluding hydrogens is 346 g/mol.